The summed E-state index contributed by atoms with van der Waals surface area (Å²) in [6.45, 7) is 5.38. The summed E-state index contributed by atoms with van der Waals surface area (Å²) in [6, 6.07) is 4.23. The SMILES string of the molecule is CCCNCc1ccc(OCCC)c(C(F)(F)F)c1. The fourth-order valence-electron chi connectivity index (χ4n) is 1.66. The summed E-state index contributed by atoms with van der Waals surface area (Å²) in [7, 11) is 0. The van der Waals surface area contributed by atoms with Crippen LogP contribution >= 0.6 is 0 Å². The monoisotopic (exact) mass is 275 g/mol. The Morgan fingerprint density at radius 1 is 1.16 bits per heavy atom. The Morgan fingerprint density at radius 2 is 1.89 bits per heavy atom. The van der Waals surface area contributed by atoms with Gasteiger partial charge in [0.15, 0.2) is 0 Å². The van der Waals surface area contributed by atoms with Crippen LogP contribution in [0.3, 0.4) is 0 Å². The first kappa shape index (κ1) is 15.8. The highest BCUT2D eigenvalue weighted by molar-refractivity contribution is 5.39. The van der Waals surface area contributed by atoms with Gasteiger partial charge in [0.2, 0.25) is 0 Å². The first-order valence-corrected chi connectivity index (χ1v) is 6.52. The number of benzene rings is 1. The van der Waals surface area contributed by atoms with E-state index in [1.54, 1.807) is 6.07 Å². The van der Waals surface area contributed by atoms with E-state index in [0.29, 0.717) is 18.5 Å². The van der Waals surface area contributed by atoms with E-state index in [4.69, 9.17) is 4.74 Å². The van der Waals surface area contributed by atoms with E-state index in [0.717, 1.165) is 19.0 Å². The van der Waals surface area contributed by atoms with Crippen LogP contribution in [-0.2, 0) is 12.7 Å². The average Bonchev–Trinajstić information content (AvgIpc) is 2.36. The largest absolute Gasteiger partial charge is 0.493 e. The van der Waals surface area contributed by atoms with Crippen molar-refractivity contribution in [2.45, 2.75) is 39.4 Å². The van der Waals surface area contributed by atoms with E-state index in [2.05, 4.69) is 5.32 Å². The molecule has 0 saturated carbocycles. The van der Waals surface area contributed by atoms with E-state index in [-0.39, 0.29) is 12.4 Å². The minimum Gasteiger partial charge on any atom is -0.493 e. The Balaban J connectivity index is 2.88. The molecular formula is C14H20F3NO. The third-order valence-electron chi connectivity index (χ3n) is 2.57. The van der Waals surface area contributed by atoms with Crippen molar-refractivity contribution < 1.29 is 17.9 Å². The molecule has 1 N–H and O–H groups in total. The lowest BCUT2D eigenvalue weighted by Crippen LogP contribution is -2.15. The lowest BCUT2D eigenvalue weighted by molar-refractivity contribution is -0.139. The number of halogens is 3. The highest BCUT2D eigenvalue weighted by Gasteiger charge is 2.34. The van der Waals surface area contributed by atoms with Crippen molar-refractivity contribution in [2.75, 3.05) is 13.2 Å². The second-order valence-electron chi connectivity index (χ2n) is 4.35. The van der Waals surface area contributed by atoms with Crippen LogP contribution < -0.4 is 10.1 Å². The molecule has 0 aliphatic rings. The number of hydrogen-bond acceptors (Lipinski definition) is 2. The molecule has 0 bridgehead atoms. The molecule has 108 valence electrons. The molecule has 19 heavy (non-hydrogen) atoms. The summed E-state index contributed by atoms with van der Waals surface area (Å²) in [5.41, 5.74) is -0.0821. The number of rotatable bonds is 7. The molecule has 0 heterocycles. The molecule has 5 heteroatoms. The van der Waals surface area contributed by atoms with Crippen molar-refractivity contribution in [1.29, 1.82) is 0 Å². The van der Waals surface area contributed by atoms with Gasteiger partial charge >= 0.3 is 6.18 Å². The van der Waals surface area contributed by atoms with Crippen LogP contribution in [0.4, 0.5) is 13.2 Å². The molecule has 0 unspecified atom stereocenters. The van der Waals surface area contributed by atoms with Gasteiger partial charge in [-0.1, -0.05) is 19.9 Å². The summed E-state index contributed by atoms with van der Waals surface area (Å²) in [4.78, 5) is 0. The summed E-state index contributed by atoms with van der Waals surface area (Å²) in [5.74, 6) is -0.0893. The van der Waals surface area contributed by atoms with E-state index < -0.39 is 11.7 Å². The first-order chi connectivity index (χ1) is 8.99. The van der Waals surface area contributed by atoms with Gasteiger partial charge in [-0.3, -0.25) is 0 Å². The standard InChI is InChI=1S/C14H20F3NO/c1-3-7-18-10-11-5-6-13(19-8-4-2)12(9-11)14(15,16)17/h5-6,9,18H,3-4,7-8,10H2,1-2H3. The Hall–Kier alpha value is -1.23. The average molecular weight is 275 g/mol. The smallest absolute Gasteiger partial charge is 0.419 e. The molecule has 2 nitrogen and oxygen atoms in total. The zero-order valence-corrected chi connectivity index (χ0v) is 11.3. The Kier molecular flexibility index (Phi) is 6.15. The molecule has 0 spiro atoms. The molecule has 0 atom stereocenters. The normalized spacial score (nSPS) is 11.6. The summed E-state index contributed by atoms with van der Waals surface area (Å²) in [5, 5.41) is 3.08. The summed E-state index contributed by atoms with van der Waals surface area (Å²) >= 11 is 0. The molecule has 0 aliphatic carbocycles. The third kappa shape index (κ3) is 5.11. The molecular weight excluding hydrogens is 255 g/mol. The van der Waals surface area contributed by atoms with Gasteiger partial charge < -0.3 is 10.1 Å². The van der Waals surface area contributed by atoms with Crippen molar-refractivity contribution >= 4 is 0 Å². The van der Waals surface area contributed by atoms with E-state index in [1.165, 1.54) is 6.07 Å². The number of hydrogen-bond donors (Lipinski definition) is 1. The molecule has 0 fully saturated rings. The van der Waals surface area contributed by atoms with Gasteiger partial charge in [-0.15, -0.1) is 0 Å². The molecule has 0 amide bonds. The Morgan fingerprint density at radius 3 is 2.47 bits per heavy atom. The van der Waals surface area contributed by atoms with Crippen LogP contribution in [0.5, 0.6) is 5.75 Å². The van der Waals surface area contributed by atoms with Gasteiger partial charge in [0, 0.05) is 6.54 Å². The minimum absolute atomic E-state index is 0.0893. The van der Waals surface area contributed by atoms with Gasteiger partial charge in [0.25, 0.3) is 0 Å². The quantitative estimate of drug-likeness (QED) is 0.760. The second kappa shape index (κ2) is 7.38. The van der Waals surface area contributed by atoms with Crippen molar-refractivity contribution in [3.8, 4) is 5.75 Å². The fourth-order valence-corrected chi connectivity index (χ4v) is 1.66. The van der Waals surface area contributed by atoms with Crippen LogP contribution in [0, 0.1) is 0 Å². The highest BCUT2D eigenvalue weighted by atomic mass is 19.4. The fraction of sp³-hybridized carbons (Fsp3) is 0.571. The van der Waals surface area contributed by atoms with Crippen LogP contribution in [0.25, 0.3) is 0 Å². The summed E-state index contributed by atoms with van der Waals surface area (Å²) in [6.07, 6.45) is -2.76. The predicted octanol–water partition coefficient (Wildman–Crippen LogP) is 3.99. The van der Waals surface area contributed by atoms with Crippen LogP contribution in [-0.4, -0.2) is 13.2 Å². The van der Waals surface area contributed by atoms with Gasteiger partial charge in [-0.2, -0.15) is 13.2 Å². The Bertz CT molecular complexity index is 391. The van der Waals surface area contributed by atoms with Crippen molar-refractivity contribution in [3.63, 3.8) is 0 Å². The predicted molar refractivity (Wildman–Crippen MR) is 69.2 cm³/mol. The molecule has 0 aliphatic heterocycles. The Labute approximate surface area is 112 Å². The minimum atomic E-state index is -4.39. The maximum atomic E-state index is 12.9. The van der Waals surface area contributed by atoms with E-state index in [1.807, 2.05) is 13.8 Å². The lowest BCUT2D eigenvalue weighted by atomic mass is 10.1. The van der Waals surface area contributed by atoms with Crippen LogP contribution in [0.1, 0.15) is 37.8 Å². The highest BCUT2D eigenvalue weighted by Crippen LogP contribution is 2.36. The zero-order valence-electron chi connectivity index (χ0n) is 11.3. The first-order valence-electron chi connectivity index (χ1n) is 6.52. The zero-order chi connectivity index (χ0) is 14.3. The van der Waals surface area contributed by atoms with Crippen LogP contribution in [0.15, 0.2) is 18.2 Å². The number of ether oxygens (including phenoxy) is 1. The molecule has 0 aromatic heterocycles. The van der Waals surface area contributed by atoms with E-state index >= 15 is 0 Å². The maximum Gasteiger partial charge on any atom is 0.419 e. The topological polar surface area (TPSA) is 21.3 Å². The lowest BCUT2D eigenvalue weighted by Gasteiger charge is -2.15. The second-order valence-corrected chi connectivity index (χ2v) is 4.35. The van der Waals surface area contributed by atoms with Crippen LogP contribution in [0.2, 0.25) is 0 Å². The number of nitrogens with one attached hydrogen (secondary N) is 1. The molecule has 0 saturated heterocycles. The van der Waals surface area contributed by atoms with Crippen molar-refractivity contribution in [2.24, 2.45) is 0 Å². The number of alkyl halides is 3. The third-order valence-corrected chi connectivity index (χ3v) is 2.57. The van der Waals surface area contributed by atoms with Gasteiger partial charge in [0.05, 0.1) is 12.2 Å². The summed E-state index contributed by atoms with van der Waals surface area (Å²) < 4.78 is 44.0. The maximum absolute atomic E-state index is 12.9. The van der Waals surface area contributed by atoms with Gasteiger partial charge in [-0.25, -0.2) is 0 Å². The van der Waals surface area contributed by atoms with Gasteiger partial charge in [0.1, 0.15) is 5.75 Å². The van der Waals surface area contributed by atoms with Crippen molar-refractivity contribution in [1.82, 2.24) is 5.32 Å². The molecule has 1 aromatic rings. The van der Waals surface area contributed by atoms with E-state index in [9.17, 15) is 13.2 Å². The van der Waals surface area contributed by atoms with Crippen molar-refractivity contribution in [3.05, 3.63) is 29.3 Å². The molecule has 1 aromatic carbocycles. The molecule has 0 radical (unpaired) electrons. The van der Waals surface area contributed by atoms with Gasteiger partial charge in [-0.05, 0) is 37.1 Å². The molecule has 1 rings (SSSR count).